The third-order valence-electron chi connectivity index (χ3n) is 3.31. The van der Waals surface area contributed by atoms with E-state index in [0.717, 1.165) is 21.9 Å². The van der Waals surface area contributed by atoms with Crippen molar-refractivity contribution in [2.45, 2.75) is 40.2 Å². The van der Waals surface area contributed by atoms with Gasteiger partial charge >= 0.3 is 0 Å². The molecule has 0 radical (unpaired) electrons. The Morgan fingerprint density at radius 2 is 1.95 bits per heavy atom. The van der Waals surface area contributed by atoms with E-state index in [9.17, 15) is 0 Å². The third-order valence-corrected chi connectivity index (χ3v) is 4.41. The summed E-state index contributed by atoms with van der Waals surface area (Å²) in [6.07, 6.45) is 0. The van der Waals surface area contributed by atoms with E-state index in [4.69, 9.17) is 9.72 Å². The van der Waals surface area contributed by atoms with Crippen molar-refractivity contribution < 1.29 is 4.74 Å². The summed E-state index contributed by atoms with van der Waals surface area (Å²) >= 11 is 1.71. The number of ether oxygens (including phenoxy) is 1. The van der Waals surface area contributed by atoms with Crippen molar-refractivity contribution in [3.05, 3.63) is 16.3 Å². The molecule has 0 amide bonds. The van der Waals surface area contributed by atoms with Crippen LogP contribution in [0, 0.1) is 13.8 Å². The van der Waals surface area contributed by atoms with Crippen LogP contribution >= 0.6 is 11.3 Å². The van der Waals surface area contributed by atoms with Gasteiger partial charge in [-0.2, -0.15) is 0 Å². The quantitative estimate of drug-likeness (QED) is 0.928. The number of nitrogens with zero attached hydrogens (tertiary/aromatic N) is 2. The smallest absolute Gasteiger partial charge is 0.163 e. The van der Waals surface area contributed by atoms with Crippen LogP contribution in [0.4, 0.5) is 5.82 Å². The van der Waals surface area contributed by atoms with E-state index in [0.29, 0.717) is 6.61 Å². The summed E-state index contributed by atoms with van der Waals surface area (Å²) in [6.45, 7) is 10.9. The summed E-state index contributed by atoms with van der Waals surface area (Å²) in [7, 11) is 1.89. The Morgan fingerprint density at radius 3 is 2.53 bits per heavy atom. The summed E-state index contributed by atoms with van der Waals surface area (Å²) in [4.78, 5) is 11.7. The van der Waals surface area contributed by atoms with Gasteiger partial charge in [0.1, 0.15) is 16.2 Å². The summed E-state index contributed by atoms with van der Waals surface area (Å²) in [6, 6.07) is 0. The fourth-order valence-corrected chi connectivity index (χ4v) is 3.15. The molecule has 104 valence electrons. The molecule has 0 saturated heterocycles. The largest absolute Gasteiger partial charge is 0.372 e. The number of rotatable bonds is 4. The minimum Gasteiger partial charge on any atom is -0.372 e. The Morgan fingerprint density at radius 1 is 1.26 bits per heavy atom. The van der Waals surface area contributed by atoms with Gasteiger partial charge in [-0.1, -0.05) is 0 Å². The average Bonchev–Trinajstić information content (AvgIpc) is 2.64. The van der Waals surface area contributed by atoms with Crippen molar-refractivity contribution in [3.8, 4) is 0 Å². The van der Waals surface area contributed by atoms with Crippen LogP contribution in [0.25, 0.3) is 10.2 Å². The molecule has 2 rings (SSSR count). The van der Waals surface area contributed by atoms with E-state index in [2.05, 4.69) is 24.1 Å². The number of aryl methyl sites for hydroxylation is 2. The minimum atomic E-state index is -0.472. The Balaban J connectivity index is 2.66. The molecule has 0 unspecified atom stereocenters. The predicted molar refractivity (Wildman–Crippen MR) is 81.1 cm³/mol. The number of hydrogen-bond acceptors (Lipinski definition) is 5. The highest BCUT2D eigenvalue weighted by Crippen LogP contribution is 2.35. The van der Waals surface area contributed by atoms with Gasteiger partial charge in [-0.05, 0) is 40.2 Å². The molecule has 5 heteroatoms. The van der Waals surface area contributed by atoms with Crippen LogP contribution in [0.1, 0.15) is 37.0 Å². The van der Waals surface area contributed by atoms with Crippen LogP contribution in [0.2, 0.25) is 0 Å². The second-order valence-electron chi connectivity index (χ2n) is 5.05. The zero-order chi connectivity index (χ0) is 14.2. The number of aromatic nitrogens is 2. The van der Waals surface area contributed by atoms with Crippen LogP contribution in [0.3, 0.4) is 0 Å². The molecule has 0 aromatic carbocycles. The molecule has 0 aliphatic carbocycles. The number of fused-ring (bicyclic) bond motifs is 1. The first kappa shape index (κ1) is 14.2. The van der Waals surface area contributed by atoms with Gasteiger partial charge in [-0.3, -0.25) is 0 Å². The average molecular weight is 279 g/mol. The Labute approximate surface area is 118 Å². The van der Waals surface area contributed by atoms with Crippen molar-refractivity contribution in [2.24, 2.45) is 0 Å². The van der Waals surface area contributed by atoms with E-state index in [1.165, 1.54) is 10.4 Å². The molecule has 4 nitrogen and oxygen atoms in total. The molecule has 0 spiro atoms. The van der Waals surface area contributed by atoms with E-state index < -0.39 is 5.60 Å². The highest BCUT2D eigenvalue weighted by atomic mass is 32.1. The number of anilines is 1. The molecule has 0 atom stereocenters. The first-order valence-corrected chi connectivity index (χ1v) is 7.32. The van der Waals surface area contributed by atoms with Crippen molar-refractivity contribution in [3.63, 3.8) is 0 Å². The molecule has 0 aliphatic rings. The van der Waals surface area contributed by atoms with Gasteiger partial charge < -0.3 is 10.1 Å². The Hall–Kier alpha value is -1.20. The highest BCUT2D eigenvalue weighted by Gasteiger charge is 2.26. The second-order valence-corrected chi connectivity index (χ2v) is 6.26. The molecule has 0 saturated carbocycles. The van der Waals surface area contributed by atoms with Crippen molar-refractivity contribution in [1.82, 2.24) is 9.97 Å². The van der Waals surface area contributed by atoms with Gasteiger partial charge in [0.15, 0.2) is 5.82 Å². The maximum absolute atomic E-state index is 5.75. The van der Waals surface area contributed by atoms with Crippen LogP contribution in [0.15, 0.2) is 0 Å². The lowest BCUT2D eigenvalue weighted by atomic mass is 10.1. The summed E-state index contributed by atoms with van der Waals surface area (Å²) in [5, 5.41) is 4.30. The summed E-state index contributed by atoms with van der Waals surface area (Å²) in [5.74, 6) is 1.61. The molecule has 2 aromatic heterocycles. The van der Waals surface area contributed by atoms with Crippen LogP contribution in [0.5, 0.6) is 0 Å². The monoisotopic (exact) mass is 279 g/mol. The van der Waals surface area contributed by atoms with Gasteiger partial charge in [-0.25, -0.2) is 9.97 Å². The lowest BCUT2D eigenvalue weighted by Crippen LogP contribution is -2.25. The van der Waals surface area contributed by atoms with E-state index >= 15 is 0 Å². The topological polar surface area (TPSA) is 47.0 Å². The van der Waals surface area contributed by atoms with Gasteiger partial charge in [0.2, 0.25) is 0 Å². The molecule has 0 fully saturated rings. The van der Waals surface area contributed by atoms with Gasteiger partial charge in [-0.15, -0.1) is 11.3 Å². The zero-order valence-corrected chi connectivity index (χ0v) is 13.2. The first-order valence-electron chi connectivity index (χ1n) is 6.50. The molecule has 0 bridgehead atoms. The number of thiophene rings is 1. The predicted octanol–water partition coefficient (Wildman–Crippen LogP) is 3.62. The van der Waals surface area contributed by atoms with Gasteiger partial charge in [0.25, 0.3) is 0 Å². The van der Waals surface area contributed by atoms with Crippen molar-refractivity contribution in [1.29, 1.82) is 0 Å². The van der Waals surface area contributed by atoms with Crippen molar-refractivity contribution >= 4 is 27.4 Å². The Kier molecular flexibility index (Phi) is 3.78. The normalized spacial score (nSPS) is 12.1. The lowest BCUT2D eigenvalue weighted by molar-refractivity contribution is -0.0204. The Bertz CT molecular complexity index is 604. The molecule has 2 aromatic rings. The van der Waals surface area contributed by atoms with Gasteiger partial charge in [0.05, 0.1) is 5.39 Å². The maximum Gasteiger partial charge on any atom is 0.163 e. The number of hydrogen-bond donors (Lipinski definition) is 1. The fourth-order valence-electron chi connectivity index (χ4n) is 2.13. The SMILES string of the molecule is CCOC(C)(C)c1nc(NC)c2c(C)c(C)sc2n1. The number of nitrogens with one attached hydrogen (secondary N) is 1. The molecule has 1 N–H and O–H groups in total. The van der Waals surface area contributed by atoms with E-state index in [1.54, 1.807) is 11.3 Å². The molecule has 19 heavy (non-hydrogen) atoms. The van der Waals surface area contributed by atoms with Crippen LogP contribution in [-0.2, 0) is 10.3 Å². The highest BCUT2D eigenvalue weighted by molar-refractivity contribution is 7.18. The lowest BCUT2D eigenvalue weighted by Gasteiger charge is -2.23. The molecule has 2 heterocycles. The molecule has 0 aliphatic heterocycles. The van der Waals surface area contributed by atoms with Crippen LogP contribution < -0.4 is 5.32 Å². The van der Waals surface area contributed by atoms with E-state index in [-0.39, 0.29) is 0 Å². The second kappa shape index (κ2) is 5.06. The standard InChI is InChI=1S/C14H21N3OS/c1-7-18-14(4,5)13-16-11(15-6)10-8(2)9(3)19-12(10)17-13/h7H2,1-6H3,(H,15,16,17). The zero-order valence-electron chi connectivity index (χ0n) is 12.4. The van der Waals surface area contributed by atoms with Crippen LogP contribution in [-0.4, -0.2) is 23.6 Å². The molecular formula is C14H21N3OS. The maximum atomic E-state index is 5.75. The van der Waals surface area contributed by atoms with Crippen molar-refractivity contribution in [2.75, 3.05) is 19.0 Å². The fraction of sp³-hybridized carbons (Fsp3) is 0.571. The molecular weight excluding hydrogens is 258 g/mol. The summed E-state index contributed by atoms with van der Waals surface area (Å²) < 4.78 is 5.75. The van der Waals surface area contributed by atoms with E-state index in [1.807, 2.05) is 27.8 Å². The first-order chi connectivity index (χ1) is 8.90. The minimum absolute atomic E-state index is 0.472. The summed E-state index contributed by atoms with van der Waals surface area (Å²) in [5.41, 5.74) is 0.783. The van der Waals surface area contributed by atoms with Gasteiger partial charge in [0, 0.05) is 18.5 Å². The third kappa shape index (κ3) is 2.44.